The highest BCUT2D eigenvalue weighted by molar-refractivity contribution is 9.10. The Kier molecular flexibility index (Phi) is 5.74. The van der Waals surface area contributed by atoms with Gasteiger partial charge in [0, 0.05) is 28.7 Å². The molecule has 1 aliphatic rings. The molecule has 0 heterocycles. The molecule has 136 valence electrons. The van der Waals surface area contributed by atoms with Crippen LogP contribution in [0, 0.1) is 5.92 Å². The van der Waals surface area contributed by atoms with Crippen LogP contribution in [0.1, 0.15) is 34.8 Å². The van der Waals surface area contributed by atoms with E-state index >= 15 is 0 Å². The van der Waals surface area contributed by atoms with Crippen LogP contribution in [-0.4, -0.2) is 35.5 Å². The fourth-order valence-electron chi connectivity index (χ4n) is 2.83. The molecule has 5 nitrogen and oxygen atoms in total. The van der Waals surface area contributed by atoms with Gasteiger partial charge < -0.3 is 15.3 Å². The Morgan fingerprint density at radius 1 is 1.23 bits per heavy atom. The van der Waals surface area contributed by atoms with Crippen molar-refractivity contribution in [1.29, 1.82) is 0 Å². The molecule has 2 N–H and O–H groups in total. The highest BCUT2D eigenvalue weighted by Gasteiger charge is 2.29. The first-order valence-electron chi connectivity index (χ1n) is 8.54. The van der Waals surface area contributed by atoms with Gasteiger partial charge in [0.25, 0.3) is 5.91 Å². The maximum Gasteiger partial charge on any atom is 0.254 e. The van der Waals surface area contributed by atoms with Gasteiger partial charge in [-0.25, -0.2) is 0 Å². The van der Waals surface area contributed by atoms with Crippen LogP contribution in [0.4, 0.5) is 5.69 Å². The Hall–Kier alpha value is -2.18. The Bertz CT molecular complexity index is 820. The number of likely N-dealkylation sites (N-methyl/N-ethyl adjacent to an activating group) is 1. The molecule has 6 heteroatoms. The highest BCUT2D eigenvalue weighted by atomic mass is 79.9. The number of aliphatic hydroxyl groups excluding tert-OH is 1. The zero-order chi connectivity index (χ0) is 18.7. The number of hydrogen-bond donors (Lipinski definition) is 2. The second-order valence-corrected chi connectivity index (χ2v) is 7.43. The van der Waals surface area contributed by atoms with Gasteiger partial charge >= 0.3 is 0 Å². The van der Waals surface area contributed by atoms with Gasteiger partial charge in [-0.2, -0.15) is 0 Å². The third-order valence-electron chi connectivity index (χ3n) is 4.52. The molecule has 0 radical (unpaired) electrons. The summed E-state index contributed by atoms with van der Waals surface area (Å²) in [6, 6.07) is 14.0. The van der Waals surface area contributed by atoms with Gasteiger partial charge in [0.2, 0.25) is 5.91 Å². The van der Waals surface area contributed by atoms with Crippen LogP contribution < -0.4 is 5.32 Å². The summed E-state index contributed by atoms with van der Waals surface area (Å²) in [5.41, 5.74) is 1.93. The predicted molar refractivity (Wildman–Crippen MR) is 104 cm³/mol. The predicted octanol–water partition coefficient (Wildman–Crippen LogP) is 3.60. The second kappa shape index (κ2) is 8.01. The van der Waals surface area contributed by atoms with Crippen molar-refractivity contribution in [2.24, 2.45) is 5.92 Å². The second-order valence-electron chi connectivity index (χ2n) is 6.51. The highest BCUT2D eigenvalue weighted by Crippen LogP contribution is 2.30. The molecule has 1 saturated carbocycles. The number of anilines is 1. The third-order valence-corrected chi connectivity index (χ3v) is 5.01. The van der Waals surface area contributed by atoms with E-state index in [0.717, 1.165) is 22.9 Å². The van der Waals surface area contributed by atoms with Crippen LogP contribution >= 0.6 is 15.9 Å². The Labute approximate surface area is 161 Å². The van der Waals surface area contributed by atoms with E-state index in [0.29, 0.717) is 11.3 Å². The number of benzene rings is 2. The van der Waals surface area contributed by atoms with Crippen molar-refractivity contribution in [1.82, 2.24) is 4.90 Å². The minimum absolute atomic E-state index is 0.00493. The number of nitrogens with one attached hydrogen (secondary N) is 1. The molecule has 0 unspecified atom stereocenters. The average molecular weight is 417 g/mol. The lowest BCUT2D eigenvalue weighted by Gasteiger charge is -2.27. The van der Waals surface area contributed by atoms with Gasteiger partial charge in [0.1, 0.15) is 0 Å². The van der Waals surface area contributed by atoms with Crippen molar-refractivity contribution in [3.8, 4) is 0 Å². The Morgan fingerprint density at radius 2 is 1.96 bits per heavy atom. The molecule has 0 aromatic heterocycles. The minimum Gasteiger partial charge on any atom is -0.394 e. The van der Waals surface area contributed by atoms with E-state index < -0.39 is 6.04 Å². The number of nitrogens with zero attached hydrogens (tertiary/aromatic N) is 1. The molecule has 0 spiro atoms. The van der Waals surface area contributed by atoms with Crippen molar-refractivity contribution >= 4 is 33.4 Å². The fourth-order valence-corrected chi connectivity index (χ4v) is 3.25. The first kappa shape index (κ1) is 18.6. The number of carbonyl (C=O) groups is 2. The van der Waals surface area contributed by atoms with E-state index in [4.69, 9.17) is 0 Å². The average Bonchev–Trinajstić information content (AvgIpc) is 3.47. The quantitative estimate of drug-likeness (QED) is 0.755. The van der Waals surface area contributed by atoms with Gasteiger partial charge in [0.15, 0.2) is 0 Å². The van der Waals surface area contributed by atoms with E-state index in [1.54, 1.807) is 31.3 Å². The zero-order valence-electron chi connectivity index (χ0n) is 14.5. The summed E-state index contributed by atoms with van der Waals surface area (Å²) in [4.78, 5) is 26.3. The number of rotatable bonds is 6. The number of amides is 2. The van der Waals surface area contributed by atoms with Crippen LogP contribution in [0.3, 0.4) is 0 Å². The maximum atomic E-state index is 12.9. The Balaban J connectivity index is 1.77. The molecular formula is C20H21BrN2O3. The van der Waals surface area contributed by atoms with Crippen molar-refractivity contribution in [3.05, 3.63) is 64.1 Å². The van der Waals surface area contributed by atoms with Crippen molar-refractivity contribution in [3.63, 3.8) is 0 Å². The van der Waals surface area contributed by atoms with Crippen LogP contribution in [0.2, 0.25) is 0 Å². The van der Waals surface area contributed by atoms with Gasteiger partial charge in [-0.05, 0) is 48.7 Å². The first-order chi connectivity index (χ1) is 12.5. The van der Waals surface area contributed by atoms with Gasteiger partial charge in [0.05, 0.1) is 12.6 Å². The molecule has 1 atom stereocenters. The van der Waals surface area contributed by atoms with E-state index in [1.165, 1.54) is 4.90 Å². The van der Waals surface area contributed by atoms with Crippen molar-refractivity contribution in [2.45, 2.75) is 18.9 Å². The summed E-state index contributed by atoms with van der Waals surface area (Å²) in [7, 11) is 1.67. The Morgan fingerprint density at radius 3 is 2.62 bits per heavy atom. The summed E-state index contributed by atoms with van der Waals surface area (Å²) in [6.07, 6.45) is 1.86. The standard InChI is InChI=1S/C20H21BrN2O3/c1-23(18(12-24)14-4-2-6-16(21)10-14)20(26)15-5-3-7-17(11-15)22-19(25)13-8-9-13/h2-7,10-11,13,18,24H,8-9,12H2,1H3,(H,22,25)/t18-/m1/s1. The lowest BCUT2D eigenvalue weighted by Crippen LogP contribution is -2.33. The van der Waals surface area contributed by atoms with E-state index in [2.05, 4.69) is 21.2 Å². The summed E-state index contributed by atoms with van der Waals surface area (Å²) in [6.45, 7) is -0.184. The molecule has 2 aromatic rings. The fraction of sp³-hybridized carbons (Fsp3) is 0.300. The zero-order valence-corrected chi connectivity index (χ0v) is 16.1. The lowest BCUT2D eigenvalue weighted by molar-refractivity contribution is -0.117. The van der Waals surface area contributed by atoms with E-state index in [1.807, 2.05) is 24.3 Å². The van der Waals surface area contributed by atoms with Gasteiger partial charge in [-0.3, -0.25) is 9.59 Å². The number of hydrogen-bond acceptors (Lipinski definition) is 3. The normalized spacial score (nSPS) is 14.6. The monoisotopic (exact) mass is 416 g/mol. The number of halogens is 1. The molecular weight excluding hydrogens is 396 g/mol. The smallest absolute Gasteiger partial charge is 0.254 e. The maximum absolute atomic E-state index is 12.9. The molecule has 2 aromatic carbocycles. The molecule has 1 aliphatic carbocycles. The lowest BCUT2D eigenvalue weighted by atomic mass is 10.1. The van der Waals surface area contributed by atoms with Crippen LogP contribution in [0.5, 0.6) is 0 Å². The van der Waals surface area contributed by atoms with E-state index in [-0.39, 0.29) is 24.3 Å². The van der Waals surface area contributed by atoms with Crippen molar-refractivity contribution in [2.75, 3.05) is 19.0 Å². The van der Waals surface area contributed by atoms with Gasteiger partial charge in [-0.15, -0.1) is 0 Å². The largest absolute Gasteiger partial charge is 0.394 e. The summed E-state index contributed by atoms with van der Waals surface area (Å²) < 4.78 is 0.888. The molecule has 0 bridgehead atoms. The third kappa shape index (κ3) is 4.31. The van der Waals surface area contributed by atoms with Crippen molar-refractivity contribution < 1.29 is 14.7 Å². The molecule has 26 heavy (non-hydrogen) atoms. The first-order valence-corrected chi connectivity index (χ1v) is 9.33. The van der Waals surface area contributed by atoms with Crippen LogP contribution in [0.15, 0.2) is 53.0 Å². The number of aliphatic hydroxyl groups is 1. The summed E-state index contributed by atoms with van der Waals surface area (Å²) in [5, 5.41) is 12.7. The topological polar surface area (TPSA) is 69.6 Å². The van der Waals surface area contributed by atoms with Crippen LogP contribution in [0.25, 0.3) is 0 Å². The minimum atomic E-state index is -0.454. The SMILES string of the molecule is CN(C(=O)c1cccc(NC(=O)C2CC2)c1)[C@H](CO)c1cccc(Br)c1. The number of carbonyl (C=O) groups excluding carboxylic acids is 2. The molecule has 2 amide bonds. The van der Waals surface area contributed by atoms with Crippen LogP contribution in [-0.2, 0) is 4.79 Å². The van der Waals surface area contributed by atoms with Gasteiger partial charge in [-0.1, -0.05) is 34.1 Å². The summed E-state index contributed by atoms with van der Waals surface area (Å²) >= 11 is 3.41. The molecule has 1 fully saturated rings. The summed E-state index contributed by atoms with van der Waals surface area (Å²) in [5.74, 6) is -0.107. The molecule has 0 saturated heterocycles. The van der Waals surface area contributed by atoms with E-state index in [9.17, 15) is 14.7 Å². The molecule has 3 rings (SSSR count). The molecule has 0 aliphatic heterocycles.